The molecule has 1 aliphatic rings. The number of thiol groups is 1. The molecule has 1 aromatic rings. The highest BCUT2D eigenvalue weighted by Gasteiger charge is 2.19. The molecule has 0 saturated heterocycles. The predicted octanol–water partition coefficient (Wildman–Crippen LogP) is 2.38. The van der Waals surface area contributed by atoms with E-state index in [4.69, 9.17) is 10.00 Å². The Bertz CT molecular complexity index is 431. The average molecular weight is 203 g/mol. The van der Waals surface area contributed by atoms with E-state index in [2.05, 4.69) is 18.7 Å². The molecule has 14 heavy (non-hydrogen) atoms. The molecule has 70 valence electrons. The summed E-state index contributed by atoms with van der Waals surface area (Å²) >= 11 is 4.10. The molecule has 0 N–H and O–H groups in total. The van der Waals surface area contributed by atoms with Gasteiger partial charge in [0.05, 0.1) is 11.6 Å². The monoisotopic (exact) mass is 203 g/mol. The number of nitrogens with zero attached hydrogens (tertiary/aromatic N) is 1. The Morgan fingerprint density at radius 1 is 1.50 bits per heavy atom. The van der Waals surface area contributed by atoms with Gasteiger partial charge in [-0.15, -0.1) is 0 Å². The number of ether oxygens (including phenoxy) is 1. The van der Waals surface area contributed by atoms with E-state index in [1.54, 1.807) is 0 Å². The molecular weight excluding hydrogens is 194 g/mol. The summed E-state index contributed by atoms with van der Waals surface area (Å²) in [7, 11) is 0. The van der Waals surface area contributed by atoms with Crippen molar-refractivity contribution in [2.45, 2.75) is 6.61 Å². The van der Waals surface area contributed by atoms with Gasteiger partial charge in [-0.2, -0.15) is 17.9 Å². The molecule has 0 unspecified atom stereocenters. The molecule has 2 nitrogen and oxygen atoms in total. The largest absolute Gasteiger partial charge is 0.487 e. The summed E-state index contributed by atoms with van der Waals surface area (Å²) in [5.41, 5.74) is 2.76. The van der Waals surface area contributed by atoms with Gasteiger partial charge in [-0.05, 0) is 0 Å². The summed E-state index contributed by atoms with van der Waals surface area (Å²) in [6.45, 7) is 0.560. The fourth-order valence-electron chi connectivity index (χ4n) is 1.50. The number of fused-ring (bicyclic) bond motifs is 1. The Balaban J connectivity index is 2.54. The second kappa shape index (κ2) is 3.77. The van der Waals surface area contributed by atoms with Crippen LogP contribution in [-0.2, 0) is 11.3 Å². The van der Waals surface area contributed by atoms with Gasteiger partial charge < -0.3 is 4.74 Å². The smallest absolute Gasteiger partial charge is 0.141 e. The van der Waals surface area contributed by atoms with E-state index in [0.29, 0.717) is 23.7 Å². The molecule has 3 heteroatoms. The zero-order valence-corrected chi connectivity index (χ0v) is 8.42. The van der Waals surface area contributed by atoms with E-state index in [-0.39, 0.29) is 0 Å². The van der Waals surface area contributed by atoms with Gasteiger partial charge in [-0.1, -0.05) is 24.3 Å². The summed E-state index contributed by atoms with van der Waals surface area (Å²) in [6, 6.07) is 10.0. The standard InChI is InChI=1S/C11H9NOS/c12-5-9(7-14)11-10-4-2-1-3-8(10)6-13-11/h1-4,14H,6-7H2/b11-9-. The van der Waals surface area contributed by atoms with Crippen molar-refractivity contribution in [3.8, 4) is 6.07 Å². The van der Waals surface area contributed by atoms with Crippen LogP contribution in [0.4, 0.5) is 0 Å². The lowest BCUT2D eigenvalue weighted by atomic mass is 10.1. The predicted molar refractivity (Wildman–Crippen MR) is 57.6 cm³/mol. The van der Waals surface area contributed by atoms with Gasteiger partial charge in [0.2, 0.25) is 0 Å². The number of rotatable bonds is 1. The van der Waals surface area contributed by atoms with Gasteiger partial charge in [0.1, 0.15) is 12.4 Å². The van der Waals surface area contributed by atoms with Gasteiger partial charge in [0.15, 0.2) is 0 Å². The third kappa shape index (κ3) is 1.38. The first-order valence-corrected chi connectivity index (χ1v) is 4.95. The van der Waals surface area contributed by atoms with E-state index in [0.717, 1.165) is 11.1 Å². The minimum absolute atomic E-state index is 0.417. The Kier molecular flexibility index (Phi) is 2.47. The molecule has 1 heterocycles. The van der Waals surface area contributed by atoms with Crippen LogP contribution in [0.15, 0.2) is 29.8 Å². The van der Waals surface area contributed by atoms with Gasteiger partial charge in [-0.25, -0.2) is 0 Å². The lowest BCUT2D eigenvalue weighted by molar-refractivity contribution is 0.284. The molecule has 0 amide bonds. The molecule has 0 spiro atoms. The first-order valence-electron chi connectivity index (χ1n) is 4.32. The second-order valence-corrected chi connectivity index (χ2v) is 3.34. The topological polar surface area (TPSA) is 33.0 Å². The summed E-state index contributed by atoms with van der Waals surface area (Å²) in [5.74, 6) is 1.11. The highest BCUT2D eigenvalue weighted by atomic mass is 32.1. The minimum Gasteiger partial charge on any atom is -0.487 e. The minimum atomic E-state index is 0.417. The van der Waals surface area contributed by atoms with Crippen molar-refractivity contribution >= 4 is 18.4 Å². The van der Waals surface area contributed by atoms with Gasteiger partial charge in [0, 0.05) is 16.9 Å². The zero-order valence-electron chi connectivity index (χ0n) is 7.53. The zero-order chi connectivity index (χ0) is 9.97. The summed E-state index contributed by atoms with van der Waals surface area (Å²) in [6.07, 6.45) is 0. The highest BCUT2D eigenvalue weighted by Crippen LogP contribution is 2.31. The molecule has 0 radical (unpaired) electrons. The first kappa shape index (κ1) is 9.17. The van der Waals surface area contributed by atoms with E-state index in [1.807, 2.05) is 24.3 Å². The summed E-state index contributed by atoms with van der Waals surface area (Å²) in [5, 5.41) is 8.88. The Labute approximate surface area is 88.2 Å². The fraction of sp³-hybridized carbons (Fsp3) is 0.182. The van der Waals surface area contributed by atoms with Crippen LogP contribution in [0.1, 0.15) is 11.1 Å². The second-order valence-electron chi connectivity index (χ2n) is 3.02. The number of hydrogen-bond donors (Lipinski definition) is 1. The van der Waals surface area contributed by atoms with E-state index in [9.17, 15) is 0 Å². The highest BCUT2D eigenvalue weighted by molar-refractivity contribution is 7.80. The van der Waals surface area contributed by atoms with Gasteiger partial charge in [0.25, 0.3) is 0 Å². The molecule has 0 fully saturated rings. The molecule has 0 saturated carbocycles. The van der Waals surface area contributed by atoms with Crippen LogP contribution in [0.3, 0.4) is 0 Å². The number of benzene rings is 1. The molecular formula is C11H9NOS. The van der Waals surface area contributed by atoms with Crippen LogP contribution in [0.25, 0.3) is 5.76 Å². The fourth-order valence-corrected chi connectivity index (χ4v) is 1.72. The van der Waals surface area contributed by atoms with Crippen LogP contribution >= 0.6 is 12.6 Å². The summed E-state index contributed by atoms with van der Waals surface area (Å²) < 4.78 is 5.48. The maximum absolute atomic E-state index is 8.88. The van der Waals surface area contributed by atoms with Crippen molar-refractivity contribution in [2.75, 3.05) is 5.75 Å². The number of nitriles is 1. The summed E-state index contributed by atoms with van der Waals surface area (Å²) in [4.78, 5) is 0. The van der Waals surface area contributed by atoms with Crippen molar-refractivity contribution < 1.29 is 4.74 Å². The van der Waals surface area contributed by atoms with Crippen molar-refractivity contribution in [1.29, 1.82) is 5.26 Å². The normalized spacial score (nSPS) is 16.9. The quantitative estimate of drug-likeness (QED) is 0.561. The van der Waals surface area contributed by atoms with E-state index in [1.165, 1.54) is 0 Å². The Morgan fingerprint density at radius 2 is 2.29 bits per heavy atom. The van der Waals surface area contributed by atoms with Crippen LogP contribution < -0.4 is 0 Å². The van der Waals surface area contributed by atoms with E-state index < -0.39 is 0 Å². The molecule has 0 atom stereocenters. The third-order valence-corrected chi connectivity index (χ3v) is 2.52. The van der Waals surface area contributed by atoms with Crippen LogP contribution in [0, 0.1) is 11.3 Å². The lowest BCUT2D eigenvalue weighted by Gasteiger charge is -2.01. The van der Waals surface area contributed by atoms with Gasteiger partial charge >= 0.3 is 0 Å². The molecule has 1 aliphatic heterocycles. The Morgan fingerprint density at radius 3 is 3.00 bits per heavy atom. The molecule has 2 rings (SSSR count). The van der Waals surface area contributed by atoms with Gasteiger partial charge in [-0.3, -0.25) is 0 Å². The molecule has 0 bridgehead atoms. The van der Waals surface area contributed by atoms with Crippen LogP contribution in [-0.4, -0.2) is 5.75 Å². The maximum Gasteiger partial charge on any atom is 0.141 e. The van der Waals surface area contributed by atoms with Crippen LogP contribution in [0.5, 0.6) is 0 Å². The average Bonchev–Trinajstić information content (AvgIpc) is 2.65. The lowest BCUT2D eigenvalue weighted by Crippen LogP contribution is -1.89. The van der Waals surface area contributed by atoms with Crippen molar-refractivity contribution in [1.82, 2.24) is 0 Å². The first-order chi connectivity index (χ1) is 6.86. The van der Waals surface area contributed by atoms with Crippen molar-refractivity contribution in [3.05, 3.63) is 41.0 Å². The SMILES string of the molecule is N#C/C(CS)=C1/OCc2ccccc21. The molecule has 0 aromatic heterocycles. The Hall–Kier alpha value is -1.40. The third-order valence-electron chi connectivity index (χ3n) is 2.20. The molecule has 0 aliphatic carbocycles. The van der Waals surface area contributed by atoms with Crippen molar-refractivity contribution in [2.24, 2.45) is 0 Å². The van der Waals surface area contributed by atoms with Crippen LogP contribution in [0.2, 0.25) is 0 Å². The van der Waals surface area contributed by atoms with E-state index >= 15 is 0 Å². The number of hydrogen-bond acceptors (Lipinski definition) is 3. The van der Waals surface area contributed by atoms with Crippen molar-refractivity contribution in [3.63, 3.8) is 0 Å². The maximum atomic E-state index is 8.88. The molecule has 1 aromatic carbocycles.